The van der Waals surface area contributed by atoms with Gasteiger partial charge in [0.25, 0.3) is 0 Å². The maximum absolute atomic E-state index is 11.1. The molecule has 2 rings (SSSR count). The highest BCUT2D eigenvalue weighted by atomic mass is 16.5. The Morgan fingerprint density at radius 2 is 1.32 bits per heavy atom. The molecule has 2 aromatic rings. The van der Waals surface area contributed by atoms with Gasteiger partial charge in [0.1, 0.15) is 0 Å². The number of carbonyl (C=O) groups is 2. The molecular formula is C17H18N2O3. The first-order valence-corrected chi connectivity index (χ1v) is 6.87. The molecule has 0 fully saturated rings. The van der Waals surface area contributed by atoms with Gasteiger partial charge in [-0.25, -0.2) is 4.79 Å². The van der Waals surface area contributed by atoms with Crippen molar-refractivity contribution in [3.63, 3.8) is 0 Å². The molecule has 0 aliphatic carbocycles. The maximum Gasteiger partial charge on any atom is 0.411 e. The third-order valence-electron chi connectivity index (χ3n) is 3.07. The SMILES string of the molecule is COC(=O)Nc1ccc(Cc2ccc(NC(C)=O)cc2)cc1. The van der Waals surface area contributed by atoms with Crippen LogP contribution in [0.3, 0.4) is 0 Å². The van der Waals surface area contributed by atoms with Crippen molar-refractivity contribution in [2.75, 3.05) is 17.7 Å². The second kappa shape index (κ2) is 7.26. The van der Waals surface area contributed by atoms with Crippen molar-refractivity contribution >= 4 is 23.4 Å². The Balaban J connectivity index is 1.98. The van der Waals surface area contributed by atoms with Gasteiger partial charge in [0.15, 0.2) is 0 Å². The van der Waals surface area contributed by atoms with E-state index in [0.717, 1.165) is 23.2 Å². The maximum atomic E-state index is 11.1. The van der Waals surface area contributed by atoms with Crippen LogP contribution >= 0.6 is 0 Å². The van der Waals surface area contributed by atoms with Crippen LogP contribution in [0.25, 0.3) is 0 Å². The fraction of sp³-hybridized carbons (Fsp3) is 0.176. The lowest BCUT2D eigenvalue weighted by Crippen LogP contribution is -2.10. The molecule has 2 N–H and O–H groups in total. The van der Waals surface area contributed by atoms with Crippen LogP contribution in [0.4, 0.5) is 16.2 Å². The summed E-state index contributed by atoms with van der Waals surface area (Å²) in [6, 6.07) is 15.3. The number of hydrogen-bond donors (Lipinski definition) is 2. The van der Waals surface area contributed by atoms with Crippen LogP contribution < -0.4 is 10.6 Å². The van der Waals surface area contributed by atoms with Crippen molar-refractivity contribution < 1.29 is 14.3 Å². The van der Waals surface area contributed by atoms with Crippen molar-refractivity contribution in [3.8, 4) is 0 Å². The Bertz CT molecular complexity index is 649. The monoisotopic (exact) mass is 298 g/mol. The number of rotatable bonds is 4. The minimum absolute atomic E-state index is 0.0820. The summed E-state index contributed by atoms with van der Waals surface area (Å²) in [6.45, 7) is 1.48. The number of benzene rings is 2. The fourth-order valence-corrected chi connectivity index (χ4v) is 2.02. The smallest absolute Gasteiger partial charge is 0.411 e. The molecule has 0 aromatic heterocycles. The van der Waals surface area contributed by atoms with Crippen molar-refractivity contribution in [2.45, 2.75) is 13.3 Å². The van der Waals surface area contributed by atoms with Gasteiger partial charge in [-0.05, 0) is 41.8 Å². The van der Waals surface area contributed by atoms with Crippen LogP contribution in [-0.2, 0) is 16.0 Å². The molecule has 0 bridgehead atoms. The fourth-order valence-electron chi connectivity index (χ4n) is 2.02. The van der Waals surface area contributed by atoms with E-state index in [1.54, 1.807) is 0 Å². The largest absolute Gasteiger partial charge is 0.453 e. The van der Waals surface area contributed by atoms with Crippen molar-refractivity contribution in [1.29, 1.82) is 0 Å². The van der Waals surface area contributed by atoms with Crippen molar-refractivity contribution in [2.24, 2.45) is 0 Å². The second-order valence-corrected chi connectivity index (χ2v) is 4.87. The first-order valence-electron chi connectivity index (χ1n) is 6.87. The molecule has 2 amide bonds. The summed E-state index contributed by atoms with van der Waals surface area (Å²) in [5, 5.41) is 5.34. The Morgan fingerprint density at radius 3 is 1.73 bits per heavy atom. The van der Waals surface area contributed by atoms with Crippen molar-refractivity contribution in [1.82, 2.24) is 0 Å². The Labute approximate surface area is 129 Å². The predicted molar refractivity (Wildman–Crippen MR) is 86.0 cm³/mol. The number of nitrogens with one attached hydrogen (secondary N) is 2. The summed E-state index contributed by atoms with van der Waals surface area (Å²) in [5.41, 5.74) is 3.75. The summed E-state index contributed by atoms with van der Waals surface area (Å²) >= 11 is 0. The van der Waals surface area contributed by atoms with Gasteiger partial charge in [0.05, 0.1) is 7.11 Å². The first-order chi connectivity index (χ1) is 10.6. The quantitative estimate of drug-likeness (QED) is 0.909. The molecule has 0 saturated carbocycles. The third-order valence-corrected chi connectivity index (χ3v) is 3.07. The predicted octanol–water partition coefficient (Wildman–Crippen LogP) is 3.41. The van der Waals surface area contributed by atoms with E-state index in [-0.39, 0.29) is 5.91 Å². The summed E-state index contributed by atoms with van der Waals surface area (Å²) in [4.78, 5) is 22.1. The minimum atomic E-state index is -0.485. The van der Waals surface area contributed by atoms with Gasteiger partial charge >= 0.3 is 6.09 Å². The van der Waals surface area contributed by atoms with Gasteiger partial charge in [-0.3, -0.25) is 10.1 Å². The van der Waals surface area contributed by atoms with Crippen LogP contribution in [0.5, 0.6) is 0 Å². The van der Waals surface area contributed by atoms with Crippen LogP contribution in [-0.4, -0.2) is 19.1 Å². The summed E-state index contributed by atoms with van der Waals surface area (Å²) < 4.78 is 4.54. The average molecular weight is 298 g/mol. The van der Waals surface area contributed by atoms with E-state index in [1.165, 1.54) is 14.0 Å². The molecule has 114 valence electrons. The Morgan fingerprint density at radius 1 is 0.864 bits per heavy atom. The molecule has 0 spiro atoms. The molecule has 0 unspecified atom stereocenters. The molecule has 0 atom stereocenters. The van der Waals surface area contributed by atoms with Crippen LogP contribution in [0, 0.1) is 0 Å². The zero-order valence-electron chi connectivity index (χ0n) is 12.6. The zero-order valence-corrected chi connectivity index (χ0v) is 12.6. The number of carbonyl (C=O) groups excluding carboxylic acids is 2. The number of anilines is 2. The summed E-state index contributed by atoms with van der Waals surface area (Å²) in [7, 11) is 1.33. The highest BCUT2D eigenvalue weighted by molar-refractivity contribution is 5.88. The van der Waals surface area contributed by atoms with Gasteiger partial charge < -0.3 is 10.1 Å². The van der Waals surface area contributed by atoms with Gasteiger partial charge in [0, 0.05) is 18.3 Å². The molecule has 0 radical (unpaired) electrons. The molecule has 0 saturated heterocycles. The molecule has 2 aromatic carbocycles. The molecule has 0 aliphatic rings. The van der Waals surface area contributed by atoms with E-state index >= 15 is 0 Å². The molecule has 0 aliphatic heterocycles. The molecule has 5 heteroatoms. The lowest BCUT2D eigenvalue weighted by Gasteiger charge is -2.07. The zero-order chi connectivity index (χ0) is 15.9. The molecule has 0 heterocycles. The van der Waals surface area contributed by atoms with Crippen LogP contribution in [0.2, 0.25) is 0 Å². The summed E-state index contributed by atoms with van der Waals surface area (Å²) in [6.07, 6.45) is 0.292. The highest BCUT2D eigenvalue weighted by Crippen LogP contribution is 2.16. The van der Waals surface area contributed by atoms with Gasteiger partial charge in [-0.15, -0.1) is 0 Å². The third kappa shape index (κ3) is 4.63. The Hall–Kier alpha value is -2.82. The van der Waals surface area contributed by atoms with E-state index in [0.29, 0.717) is 5.69 Å². The van der Waals surface area contributed by atoms with Gasteiger partial charge in [-0.2, -0.15) is 0 Å². The number of amides is 2. The number of hydrogen-bond acceptors (Lipinski definition) is 3. The molecule has 22 heavy (non-hydrogen) atoms. The second-order valence-electron chi connectivity index (χ2n) is 4.87. The summed E-state index contributed by atoms with van der Waals surface area (Å²) in [5.74, 6) is -0.0820. The minimum Gasteiger partial charge on any atom is -0.453 e. The number of ether oxygens (including phenoxy) is 1. The first kappa shape index (κ1) is 15.6. The Kier molecular flexibility index (Phi) is 5.14. The normalized spacial score (nSPS) is 9.91. The lowest BCUT2D eigenvalue weighted by atomic mass is 10.0. The van der Waals surface area contributed by atoms with Gasteiger partial charge in [0.2, 0.25) is 5.91 Å². The van der Waals surface area contributed by atoms with E-state index in [4.69, 9.17) is 0 Å². The lowest BCUT2D eigenvalue weighted by molar-refractivity contribution is -0.114. The van der Waals surface area contributed by atoms with E-state index < -0.39 is 6.09 Å². The van der Waals surface area contributed by atoms with Crippen LogP contribution in [0.1, 0.15) is 18.1 Å². The van der Waals surface area contributed by atoms with E-state index in [1.807, 2.05) is 48.5 Å². The number of methoxy groups -OCH3 is 1. The van der Waals surface area contributed by atoms with E-state index in [9.17, 15) is 9.59 Å². The highest BCUT2D eigenvalue weighted by Gasteiger charge is 2.02. The van der Waals surface area contributed by atoms with E-state index in [2.05, 4.69) is 15.4 Å². The standard InChI is InChI=1S/C17H18N2O3/c1-12(20)18-15-7-3-13(4-8-15)11-14-5-9-16(10-6-14)19-17(21)22-2/h3-10H,11H2,1-2H3,(H,18,20)(H,19,21). The van der Waals surface area contributed by atoms with Gasteiger partial charge in [-0.1, -0.05) is 24.3 Å². The van der Waals surface area contributed by atoms with Crippen molar-refractivity contribution in [3.05, 3.63) is 59.7 Å². The topological polar surface area (TPSA) is 67.4 Å². The average Bonchev–Trinajstić information content (AvgIpc) is 2.50. The molecule has 5 nitrogen and oxygen atoms in total. The van der Waals surface area contributed by atoms with Crippen LogP contribution in [0.15, 0.2) is 48.5 Å². The molecular weight excluding hydrogens is 280 g/mol.